The molecule has 0 spiro atoms. The lowest BCUT2D eigenvalue weighted by Gasteiger charge is -2.50. The Balaban J connectivity index is 1.57. The van der Waals surface area contributed by atoms with Crippen molar-refractivity contribution in [2.24, 2.45) is 40.7 Å². The van der Waals surface area contributed by atoms with E-state index in [1.165, 1.54) is 0 Å². The highest BCUT2D eigenvalue weighted by molar-refractivity contribution is 6.01. The van der Waals surface area contributed by atoms with E-state index < -0.39 is 59.6 Å². The Labute approximate surface area is 236 Å². The number of nitrogens with two attached hydrogens (primary N) is 1. The molecule has 10 heteroatoms. The summed E-state index contributed by atoms with van der Waals surface area (Å²) in [5, 5.41) is 22.9. The summed E-state index contributed by atoms with van der Waals surface area (Å²) in [4.78, 5) is 55.0. The molecule has 3 rings (SSSR count). The van der Waals surface area contributed by atoms with Crippen molar-refractivity contribution in [2.45, 2.75) is 97.5 Å². The normalized spacial score (nSPS) is 34.0. The summed E-state index contributed by atoms with van der Waals surface area (Å²) in [6, 6.07) is -0.752. The van der Waals surface area contributed by atoms with Gasteiger partial charge in [0.25, 0.3) is 5.91 Å². The van der Waals surface area contributed by atoms with Crippen molar-refractivity contribution in [3.05, 3.63) is 23.8 Å². The fourth-order valence-corrected chi connectivity index (χ4v) is 6.58. The fraction of sp³-hybridized carbons (Fsp3) is 0.733. The predicted molar refractivity (Wildman–Crippen MR) is 147 cm³/mol. The first-order valence-corrected chi connectivity index (χ1v) is 14.4. The minimum absolute atomic E-state index is 0.0422. The van der Waals surface area contributed by atoms with Crippen molar-refractivity contribution >= 4 is 23.4 Å². The maximum Gasteiger partial charge on any atom is 0.311 e. The van der Waals surface area contributed by atoms with Gasteiger partial charge >= 0.3 is 5.97 Å². The van der Waals surface area contributed by atoms with Gasteiger partial charge in [0.05, 0.1) is 35.7 Å². The smallest absolute Gasteiger partial charge is 0.311 e. The molecule has 0 aromatic carbocycles. The van der Waals surface area contributed by atoms with Crippen LogP contribution in [0.5, 0.6) is 0 Å². The summed E-state index contributed by atoms with van der Waals surface area (Å²) in [6.45, 7) is 10.3. The van der Waals surface area contributed by atoms with E-state index in [-0.39, 0.29) is 35.7 Å². The van der Waals surface area contributed by atoms with E-state index in [1.54, 1.807) is 39.8 Å². The molecule has 5 N–H and O–H groups in total. The first kappa shape index (κ1) is 32.1. The molecule has 0 radical (unpaired) electrons. The number of rotatable bonds is 11. The van der Waals surface area contributed by atoms with Crippen molar-refractivity contribution in [1.82, 2.24) is 5.48 Å². The number of hydrogen-bond donors (Lipinski definition) is 4. The number of aliphatic hydroxyl groups is 2. The Morgan fingerprint density at radius 1 is 1.20 bits per heavy atom. The average Bonchev–Trinajstić information content (AvgIpc) is 3.25. The Hall–Kier alpha value is -2.40. The first-order valence-electron chi connectivity index (χ1n) is 14.4. The van der Waals surface area contributed by atoms with Gasteiger partial charge in [0.1, 0.15) is 6.61 Å². The number of amides is 1. The number of carbonyl (C=O) groups is 4. The number of ether oxygens (including phenoxy) is 1. The Morgan fingerprint density at radius 2 is 1.88 bits per heavy atom. The number of hydroxylamine groups is 1. The van der Waals surface area contributed by atoms with Crippen LogP contribution in [-0.4, -0.2) is 64.1 Å². The monoisotopic (exact) mass is 562 g/mol. The number of hydrogen-bond acceptors (Lipinski definition) is 9. The summed E-state index contributed by atoms with van der Waals surface area (Å²) in [5.41, 5.74) is 7.12. The number of carbonyl (C=O) groups excluding carboxylic acids is 4. The number of allylic oxidation sites excluding steroid dienone is 4. The third-order valence-electron chi connectivity index (χ3n) is 9.59. The minimum atomic E-state index is -1.39. The molecule has 224 valence electrons. The second-order valence-electron chi connectivity index (χ2n) is 12.4. The Bertz CT molecular complexity index is 1050. The average molecular weight is 563 g/mol. The summed E-state index contributed by atoms with van der Waals surface area (Å²) in [5.74, 6) is -3.62. The number of Topliss-reactive ketones (excluding diaryl/α,β-unsaturated/α-hetero) is 1. The number of nitrogens with one attached hydrogen (secondary N) is 1. The second-order valence-corrected chi connectivity index (χ2v) is 12.4. The van der Waals surface area contributed by atoms with Crippen LogP contribution < -0.4 is 11.2 Å². The Morgan fingerprint density at radius 3 is 2.50 bits per heavy atom. The van der Waals surface area contributed by atoms with E-state index >= 15 is 0 Å². The Kier molecular flexibility index (Phi) is 10.1. The number of fused-ring (bicyclic) bond motifs is 1. The summed E-state index contributed by atoms with van der Waals surface area (Å²) in [6.07, 6.45) is 5.76. The molecule has 2 fully saturated rings. The van der Waals surface area contributed by atoms with Gasteiger partial charge in [0.2, 0.25) is 0 Å². The molecule has 9 unspecified atom stereocenters. The van der Waals surface area contributed by atoms with Gasteiger partial charge in [-0.25, -0.2) is 5.48 Å². The van der Waals surface area contributed by atoms with E-state index in [2.05, 4.69) is 5.48 Å². The van der Waals surface area contributed by atoms with E-state index in [1.807, 2.05) is 19.9 Å². The second kappa shape index (κ2) is 12.6. The molecular weight excluding hydrogens is 516 g/mol. The van der Waals surface area contributed by atoms with Crippen LogP contribution in [0.25, 0.3) is 0 Å². The van der Waals surface area contributed by atoms with Gasteiger partial charge in [-0.2, -0.15) is 0 Å². The molecule has 0 aromatic heterocycles. The van der Waals surface area contributed by atoms with Crippen molar-refractivity contribution in [3.63, 3.8) is 0 Å². The maximum atomic E-state index is 13.2. The molecule has 0 aliphatic heterocycles. The predicted octanol–water partition coefficient (Wildman–Crippen LogP) is 2.16. The third kappa shape index (κ3) is 6.40. The SMILES string of the molecule is CCC1=CC(=O)C=CC1(C)C1CC2CCC(C(=O)COC(=O)C(C)C(C)ONC(=O)C(N)C(C)C)C2(O)CC1O. The highest BCUT2D eigenvalue weighted by Gasteiger charge is 2.59. The topological polar surface area (TPSA) is 165 Å². The van der Waals surface area contributed by atoms with Gasteiger partial charge < -0.3 is 20.7 Å². The van der Waals surface area contributed by atoms with Crippen LogP contribution in [0.3, 0.4) is 0 Å². The van der Waals surface area contributed by atoms with Crippen LogP contribution in [0.4, 0.5) is 0 Å². The quantitative estimate of drug-likeness (QED) is 0.218. The molecule has 3 aliphatic rings. The molecule has 0 bridgehead atoms. The van der Waals surface area contributed by atoms with Gasteiger partial charge in [-0.15, -0.1) is 0 Å². The summed E-state index contributed by atoms with van der Waals surface area (Å²) < 4.78 is 5.29. The summed E-state index contributed by atoms with van der Waals surface area (Å²) in [7, 11) is 0. The van der Waals surface area contributed by atoms with Crippen LogP contribution in [0, 0.1) is 35.0 Å². The van der Waals surface area contributed by atoms with Crippen LogP contribution >= 0.6 is 0 Å². The van der Waals surface area contributed by atoms with Gasteiger partial charge in [0.15, 0.2) is 11.6 Å². The largest absolute Gasteiger partial charge is 0.457 e. The van der Waals surface area contributed by atoms with Crippen LogP contribution in [0.15, 0.2) is 23.8 Å². The zero-order valence-electron chi connectivity index (χ0n) is 24.5. The standard InChI is InChI=1S/C30H46N2O8/c1-7-19-12-21(33)10-11-29(19,6)23-13-20-8-9-22(30(20,38)14-24(23)34)25(35)15-39-28(37)17(4)18(5)40-32-27(36)26(31)16(2)3/h10-12,16-18,20,22-24,26,34,38H,7-9,13-15,31H2,1-6H3,(H,32,36). The molecule has 2 saturated carbocycles. The van der Waals surface area contributed by atoms with Crippen LogP contribution in [-0.2, 0) is 28.8 Å². The van der Waals surface area contributed by atoms with Crippen molar-refractivity contribution in [3.8, 4) is 0 Å². The van der Waals surface area contributed by atoms with Gasteiger partial charge in [-0.1, -0.05) is 39.3 Å². The molecular formula is C30H46N2O8. The fourth-order valence-electron chi connectivity index (χ4n) is 6.58. The zero-order chi connectivity index (χ0) is 30.0. The van der Waals surface area contributed by atoms with Crippen molar-refractivity contribution in [2.75, 3.05) is 6.61 Å². The maximum absolute atomic E-state index is 13.2. The van der Waals surface area contributed by atoms with Crippen LogP contribution in [0.2, 0.25) is 0 Å². The van der Waals surface area contributed by atoms with Crippen molar-refractivity contribution in [1.29, 1.82) is 0 Å². The number of esters is 1. The minimum Gasteiger partial charge on any atom is -0.457 e. The lowest BCUT2D eigenvalue weighted by molar-refractivity contribution is -0.166. The molecule has 0 aromatic rings. The number of aliphatic hydroxyl groups excluding tert-OH is 1. The van der Waals surface area contributed by atoms with E-state index in [9.17, 15) is 29.4 Å². The zero-order valence-corrected chi connectivity index (χ0v) is 24.5. The molecule has 10 nitrogen and oxygen atoms in total. The van der Waals surface area contributed by atoms with Crippen LogP contribution in [0.1, 0.15) is 73.6 Å². The molecule has 1 amide bonds. The van der Waals surface area contributed by atoms with E-state index in [4.69, 9.17) is 15.3 Å². The number of ketones is 2. The molecule has 40 heavy (non-hydrogen) atoms. The van der Waals surface area contributed by atoms with Crippen molar-refractivity contribution < 1.29 is 39.0 Å². The highest BCUT2D eigenvalue weighted by atomic mass is 16.7. The lowest BCUT2D eigenvalue weighted by atomic mass is 9.57. The first-order chi connectivity index (χ1) is 18.6. The molecule has 0 heterocycles. The van der Waals surface area contributed by atoms with Gasteiger partial charge in [-0.05, 0) is 69.4 Å². The van der Waals surface area contributed by atoms with Gasteiger partial charge in [0, 0.05) is 11.8 Å². The molecule has 9 atom stereocenters. The lowest BCUT2D eigenvalue weighted by Crippen LogP contribution is -2.55. The molecule has 3 aliphatic carbocycles. The van der Waals surface area contributed by atoms with Gasteiger partial charge in [-0.3, -0.25) is 24.0 Å². The van der Waals surface area contributed by atoms with E-state index in [0.29, 0.717) is 25.7 Å². The summed E-state index contributed by atoms with van der Waals surface area (Å²) >= 11 is 0. The molecule has 0 saturated heterocycles. The van der Waals surface area contributed by atoms with E-state index in [0.717, 1.165) is 5.57 Å². The third-order valence-corrected chi connectivity index (χ3v) is 9.59. The highest BCUT2D eigenvalue weighted by Crippen LogP contribution is 2.56.